The predicted octanol–water partition coefficient (Wildman–Crippen LogP) is 2.75. The molecule has 1 aromatic rings. The normalized spacial score (nSPS) is 19.4. The van der Waals surface area contributed by atoms with E-state index in [-0.39, 0.29) is 11.8 Å². The largest absolute Gasteiger partial charge is 0.343 e. The first-order valence-electron chi connectivity index (χ1n) is 8.54. The summed E-state index contributed by atoms with van der Waals surface area (Å²) in [5, 5.41) is 0. The third-order valence-corrected chi connectivity index (χ3v) is 5.41. The van der Waals surface area contributed by atoms with E-state index in [9.17, 15) is 9.59 Å². The van der Waals surface area contributed by atoms with Crippen LogP contribution < -0.4 is 0 Å². The summed E-state index contributed by atoms with van der Waals surface area (Å²) in [5.41, 5.74) is 0.726. The Labute approximate surface area is 145 Å². The van der Waals surface area contributed by atoms with E-state index in [1.807, 2.05) is 33.6 Å². The standard InChI is InChI=1S/C17H24BrN3O2/c1-2-19-12-14(18)11-15(19)17(23)21-9-5-13(6-10-21)16(22)20-7-3-4-8-20/h11-13H,2-10H2,1H3. The van der Waals surface area contributed by atoms with Crippen molar-refractivity contribution in [1.29, 1.82) is 0 Å². The van der Waals surface area contributed by atoms with Crippen LogP contribution in [-0.4, -0.2) is 52.4 Å². The van der Waals surface area contributed by atoms with Crippen molar-refractivity contribution < 1.29 is 9.59 Å². The molecule has 1 aromatic heterocycles. The quantitative estimate of drug-likeness (QED) is 0.807. The Morgan fingerprint density at radius 3 is 2.39 bits per heavy atom. The Hall–Kier alpha value is -1.30. The van der Waals surface area contributed by atoms with Gasteiger partial charge in [0.2, 0.25) is 5.91 Å². The van der Waals surface area contributed by atoms with E-state index in [1.165, 1.54) is 0 Å². The fraction of sp³-hybridized carbons (Fsp3) is 0.647. The van der Waals surface area contributed by atoms with Gasteiger partial charge in [0, 0.05) is 49.3 Å². The summed E-state index contributed by atoms with van der Waals surface area (Å²) in [4.78, 5) is 29.1. The average molecular weight is 382 g/mol. The number of carbonyl (C=O) groups excluding carboxylic acids is 2. The molecular formula is C17H24BrN3O2. The van der Waals surface area contributed by atoms with Crippen molar-refractivity contribution >= 4 is 27.7 Å². The van der Waals surface area contributed by atoms with E-state index in [0.29, 0.717) is 19.0 Å². The molecule has 6 heteroatoms. The summed E-state index contributed by atoms with van der Waals surface area (Å²) >= 11 is 3.44. The third-order valence-electron chi connectivity index (χ3n) is 4.97. The lowest BCUT2D eigenvalue weighted by atomic mass is 9.95. The molecule has 0 spiro atoms. The lowest BCUT2D eigenvalue weighted by Crippen LogP contribution is -2.44. The number of hydrogen-bond donors (Lipinski definition) is 0. The Balaban J connectivity index is 1.60. The van der Waals surface area contributed by atoms with E-state index >= 15 is 0 Å². The van der Waals surface area contributed by atoms with Crippen LogP contribution in [0.2, 0.25) is 0 Å². The van der Waals surface area contributed by atoms with Crippen LogP contribution in [0.1, 0.15) is 43.1 Å². The SMILES string of the molecule is CCn1cc(Br)cc1C(=O)N1CCC(C(=O)N2CCCC2)CC1. The van der Waals surface area contributed by atoms with Crippen molar-refractivity contribution in [3.63, 3.8) is 0 Å². The van der Waals surface area contributed by atoms with Crippen LogP contribution in [-0.2, 0) is 11.3 Å². The Morgan fingerprint density at radius 1 is 1.13 bits per heavy atom. The molecule has 0 unspecified atom stereocenters. The highest BCUT2D eigenvalue weighted by Gasteiger charge is 2.32. The topological polar surface area (TPSA) is 45.6 Å². The summed E-state index contributed by atoms with van der Waals surface area (Å²) in [6.45, 7) is 5.98. The smallest absolute Gasteiger partial charge is 0.270 e. The highest BCUT2D eigenvalue weighted by molar-refractivity contribution is 9.10. The van der Waals surface area contributed by atoms with Crippen LogP contribution in [0.15, 0.2) is 16.7 Å². The van der Waals surface area contributed by atoms with E-state index < -0.39 is 0 Å². The zero-order valence-corrected chi connectivity index (χ0v) is 15.2. The van der Waals surface area contributed by atoms with Gasteiger partial charge >= 0.3 is 0 Å². The predicted molar refractivity (Wildman–Crippen MR) is 92.2 cm³/mol. The van der Waals surface area contributed by atoms with Crippen LogP contribution in [0, 0.1) is 5.92 Å². The van der Waals surface area contributed by atoms with Gasteiger partial charge in [-0.1, -0.05) is 0 Å². The van der Waals surface area contributed by atoms with Gasteiger partial charge in [-0.05, 0) is 54.6 Å². The van der Waals surface area contributed by atoms with E-state index in [0.717, 1.165) is 55.5 Å². The molecule has 0 radical (unpaired) electrons. The van der Waals surface area contributed by atoms with E-state index in [1.54, 1.807) is 0 Å². The van der Waals surface area contributed by atoms with Gasteiger partial charge in [0.05, 0.1) is 0 Å². The second kappa shape index (κ2) is 7.07. The van der Waals surface area contributed by atoms with Gasteiger partial charge in [0.15, 0.2) is 0 Å². The highest BCUT2D eigenvalue weighted by atomic mass is 79.9. The molecule has 3 rings (SSSR count). The maximum absolute atomic E-state index is 12.7. The number of carbonyl (C=O) groups is 2. The van der Waals surface area contributed by atoms with Crippen molar-refractivity contribution in [2.45, 2.75) is 39.2 Å². The first kappa shape index (κ1) is 16.6. The molecule has 0 aromatic carbocycles. The Morgan fingerprint density at radius 2 is 1.78 bits per heavy atom. The number of rotatable bonds is 3. The zero-order chi connectivity index (χ0) is 16.4. The van der Waals surface area contributed by atoms with Gasteiger partial charge in [0.1, 0.15) is 5.69 Å². The minimum atomic E-state index is 0.0737. The van der Waals surface area contributed by atoms with Crippen LogP contribution >= 0.6 is 15.9 Å². The summed E-state index contributed by atoms with van der Waals surface area (Å²) in [6, 6.07) is 1.88. The maximum Gasteiger partial charge on any atom is 0.270 e. The van der Waals surface area contributed by atoms with Crippen molar-refractivity contribution in [3.8, 4) is 0 Å². The van der Waals surface area contributed by atoms with Crippen molar-refractivity contribution in [3.05, 3.63) is 22.4 Å². The molecule has 2 amide bonds. The van der Waals surface area contributed by atoms with E-state index in [4.69, 9.17) is 0 Å². The molecule has 0 aliphatic carbocycles. The van der Waals surface area contributed by atoms with E-state index in [2.05, 4.69) is 15.9 Å². The summed E-state index contributed by atoms with van der Waals surface area (Å²) < 4.78 is 2.90. The molecule has 23 heavy (non-hydrogen) atoms. The molecule has 0 bridgehead atoms. The van der Waals surface area contributed by atoms with Crippen LogP contribution in [0.4, 0.5) is 0 Å². The number of amides is 2. The summed E-state index contributed by atoms with van der Waals surface area (Å²) in [6.07, 6.45) is 5.78. The highest BCUT2D eigenvalue weighted by Crippen LogP contribution is 2.24. The lowest BCUT2D eigenvalue weighted by Gasteiger charge is -2.33. The first-order valence-corrected chi connectivity index (χ1v) is 9.33. The maximum atomic E-state index is 12.7. The summed E-state index contributed by atoms with van der Waals surface area (Å²) in [7, 11) is 0. The minimum Gasteiger partial charge on any atom is -0.343 e. The molecule has 2 aliphatic rings. The van der Waals surface area contributed by atoms with Gasteiger partial charge in [-0.2, -0.15) is 0 Å². The minimum absolute atomic E-state index is 0.0737. The number of likely N-dealkylation sites (tertiary alicyclic amines) is 2. The number of halogens is 1. The number of aromatic nitrogens is 1. The fourth-order valence-electron chi connectivity index (χ4n) is 3.60. The number of piperidine rings is 1. The lowest BCUT2D eigenvalue weighted by molar-refractivity contribution is -0.135. The molecule has 2 saturated heterocycles. The molecule has 2 fully saturated rings. The molecular weight excluding hydrogens is 358 g/mol. The molecule has 0 N–H and O–H groups in total. The van der Waals surface area contributed by atoms with Gasteiger partial charge in [-0.15, -0.1) is 0 Å². The van der Waals surface area contributed by atoms with Gasteiger partial charge < -0.3 is 14.4 Å². The molecule has 2 aliphatic heterocycles. The van der Waals surface area contributed by atoms with Crippen molar-refractivity contribution in [1.82, 2.24) is 14.4 Å². The average Bonchev–Trinajstić information content (AvgIpc) is 3.23. The Kier molecular flexibility index (Phi) is 5.09. The Bertz CT molecular complexity index is 585. The number of hydrogen-bond acceptors (Lipinski definition) is 2. The van der Waals surface area contributed by atoms with Crippen LogP contribution in [0.5, 0.6) is 0 Å². The first-order chi connectivity index (χ1) is 11.1. The number of aryl methyl sites for hydroxylation is 1. The molecule has 0 saturated carbocycles. The zero-order valence-electron chi connectivity index (χ0n) is 13.6. The number of nitrogens with zero attached hydrogens (tertiary/aromatic N) is 3. The second-order valence-corrected chi connectivity index (χ2v) is 7.34. The van der Waals surface area contributed by atoms with Crippen LogP contribution in [0.25, 0.3) is 0 Å². The van der Waals surface area contributed by atoms with Gasteiger partial charge in [0.25, 0.3) is 5.91 Å². The van der Waals surface area contributed by atoms with Crippen molar-refractivity contribution in [2.24, 2.45) is 5.92 Å². The van der Waals surface area contributed by atoms with Gasteiger partial charge in [-0.3, -0.25) is 9.59 Å². The van der Waals surface area contributed by atoms with Crippen molar-refractivity contribution in [2.75, 3.05) is 26.2 Å². The molecule has 126 valence electrons. The third kappa shape index (κ3) is 3.47. The van der Waals surface area contributed by atoms with Gasteiger partial charge in [-0.25, -0.2) is 0 Å². The molecule has 0 atom stereocenters. The molecule has 5 nitrogen and oxygen atoms in total. The summed E-state index contributed by atoms with van der Waals surface area (Å²) in [5.74, 6) is 0.473. The fourth-order valence-corrected chi connectivity index (χ4v) is 4.07. The second-order valence-electron chi connectivity index (χ2n) is 6.43. The monoisotopic (exact) mass is 381 g/mol. The van der Waals surface area contributed by atoms with Crippen LogP contribution in [0.3, 0.4) is 0 Å². The molecule has 3 heterocycles.